The highest BCUT2D eigenvalue weighted by Gasteiger charge is 2.08. The maximum atomic E-state index is 13.2. The zero-order valence-electron chi connectivity index (χ0n) is 8.56. The van der Waals surface area contributed by atoms with Crippen LogP contribution in [0.15, 0.2) is 18.2 Å². The maximum absolute atomic E-state index is 13.2. The maximum Gasteiger partial charge on any atom is 0.163 e. The Morgan fingerprint density at radius 3 is 2.80 bits per heavy atom. The van der Waals surface area contributed by atoms with Gasteiger partial charge in [-0.05, 0) is 12.5 Å². The van der Waals surface area contributed by atoms with Crippen LogP contribution in [0.5, 0.6) is 0 Å². The Labute approximate surface area is 88.5 Å². The minimum atomic E-state index is -0.831. The molecule has 0 aliphatic rings. The molecule has 1 rings (SSSR count). The lowest BCUT2D eigenvalue weighted by molar-refractivity contribution is 0.487. The molecule has 0 radical (unpaired) electrons. The second-order valence-corrected chi connectivity index (χ2v) is 3.22. The summed E-state index contributed by atoms with van der Waals surface area (Å²) in [7, 11) is 0. The Morgan fingerprint density at radius 1 is 1.47 bits per heavy atom. The Hall–Kier alpha value is -1.40. The highest BCUT2D eigenvalue weighted by molar-refractivity contribution is 5.19. The standard InChI is InChI=1S/C12H13F2N/c1-3-10(4-2)15-8-9-6-5-7-11(13)12(9)14/h1,5-7,10,15H,4,8H2,2H3. The quantitative estimate of drug-likeness (QED) is 0.751. The van der Waals surface area contributed by atoms with Gasteiger partial charge in [-0.2, -0.15) is 0 Å². The highest BCUT2D eigenvalue weighted by Crippen LogP contribution is 2.11. The molecule has 0 amide bonds. The van der Waals surface area contributed by atoms with Crippen LogP contribution in [0.3, 0.4) is 0 Å². The molecule has 3 heteroatoms. The molecule has 1 unspecified atom stereocenters. The molecule has 0 aliphatic heterocycles. The van der Waals surface area contributed by atoms with E-state index in [-0.39, 0.29) is 12.6 Å². The number of nitrogens with one attached hydrogen (secondary N) is 1. The smallest absolute Gasteiger partial charge is 0.163 e. The lowest BCUT2D eigenvalue weighted by Crippen LogP contribution is -2.26. The predicted molar refractivity (Wildman–Crippen MR) is 56.1 cm³/mol. The third-order valence-electron chi connectivity index (χ3n) is 2.18. The third kappa shape index (κ3) is 3.03. The van der Waals surface area contributed by atoms with Gasteiger partial charge in [-0.25, -0.2) is 8.78 Å². The molecule has 0 fully saturated rings. The lowest BCUT2D eigenvalue weighted by atomic mass is 10.1. The van der Waals surface area contributed by atoms with Crippen LogP contribution in [0.1, 0.15) is 18.9 Å². The van der Waals surface area contributed by atoms with Gasteiger partial charge in [-0.1, -0.05) is 25.0 Å². The summed E-state index contributed by atoms with van der Waals surface area (Å²) < 4.78 is 26.0. The molecule has 1 nitrogen and oxygen atoms in total. The number of hydrogen-bond acceptors (Lipinski definition) is 1. The second kappa shape index (κ2) is 5.47. The molecule has 0 bridgehead atoms. The van der Waals surface area contributed by atoms with Gasteiger partial charge in [0.1, 0.15) is 0 Å². The third-order valence-corrected chi connectivity index (χ3v) is 2.18. The molecule has 0 aromatic heterocycles. The molecule has 0 aliphatic carbocycles. The Kier molecular flexibility index (Phi) is 4.26. The number of rotatable bonds is 4. The van der Waals surface area contributed by atoms with Gasteiger partial charge in [0.15, 0.2) is 11.6 Å². The van der Waals surface area contributed by atoms with E-state index >= 15 is 0 Å². The summed E-state index contributed by atoms with van der Waals surface area (Å²) in [5.41, 5.74) is 0.295. The Bertz CT molecular complexity index is 368. The summed E-state index contributed by atoms with van der Waals surface area (Å²) in [4.78, 5) is 0. The Balaban J connectivity index is 2.66. The molecule has 0 saturated heterocycles. The van der Waals surface area contributed by atoms with Crippen LogP contribution in [-0.2, 0) is 6.54 Å². The van der Waals surface area contributed by atoms with Crippen molar-refractivity contribution in [3.8, 4) is 12.3 Å². The van der Waals surface area contributed by atoms with Gasteiger partial charge >= 0.3 is 0 Å². The van der Waals surface area contributed by atoms with Crippen molar-refractivity contribution < 1.29 is 8.78 Å². The van der Waals surface area contributed by atoms with Crippen LogP contribution < -0.4 is 5.32 Å². The normalized spacial score (nSPS) is 12.1. The molecule has 1 N–H and O–H groups in total. The summed E-state index contributed by atoms with van der Waals surface area (Å²) in [5.74, 6) is 0.890. The van der Waals surface area contributed by atoms with Gasteiger partial charge in [0.05, 0.1) is 6.04 Å². The van der Waals surface area contributed by atoms with Crippen LogP contribution in [0.4, 0.5) is 8.78 Å². The number of hydrogen-bond donors (Lipinski definition) is 1. The number of halogens is 2. The van der Waals surface area contributed by atoms with E-state index in [9.17, 15) is 8.78 Å². The average Bonchev–Trinajstić information content (AvgIpc) is 2.25. The zero-order valence-corrected chi connectivity index (χ0v) is 8.56. The van der Waals surface area contributed by atoms with Crippen LogP contribution in [0.2, 0.25) is 0 Å². The average molecular weight is 209 g/mol. The number of benzene rings is 1. The van der Waals surface area contributed by atoms with E-state index in [2.05, 4.69) is 11.2 Å². The van der Waals surface area contributed by atoms with Gasteiger partial charge in [0.25, 0.3) is 0 Å². The fourth-order valence-electron chi connectivity index (χ4n) is 1.24. The van der Waals surface area contributed by atoms with Crippen molar-refractivity contribution in [2.45, 2.75) is 25.9 Å². The highest BCUT2D eigenvalue weighted by atomic mass is 19.2. The van der Waals surface area contributed by atoms with Gasteiger partial charge in [-0.3, -0.25) is 5.32 Å². The van der Waals surface area contributed by atoms with E-state index in [1.165, 1.54) is 12.1 Å². The van der Waals surface area contributed by atoms with Crippen LogP contribution >= 0.6 is 0 Å². The molecule has 1 aromatic rings. The first-order valence-corrected chi connectivity index (χ1v) is 4.81. The molecule has 1 atom stereocenters. The minimum Gasteiger partial charge on any atom is -0.299 e. The molecular weight excluding hydrogens is 196 g/mol. The second-order valence-electron chi connectivity index (χ2n) is 3.22. The van der Waals surface area contributed by atoms with Crippen molar-refractivity contribution in [2.24, 2.45) is 0 Å². The van der Waals surface area contributed by atoms with Gasteiger partial charge < -0.3 is 0 Å². The zero-order chi connectivity index (χ0) is 11.3. The van der Waals surface area contributed by atoms with E-state index in [4.69, 9.17) is 6.42 Å². The van der Waals surface area contributed by atoms with Crippen molar-refractivity contribution >= 4 is 0 Å². The first kappa shape index (κ1) is 11.7. The lowest BCUT2D eigenvalue weighted by Gasteiger charge is -2.11. The van der Waals surface area contributed by atoms with Gasteiger partial charge in [-0.15, -0.1) is 6.42 Å². The van der Waals surface area contributed by atoms with E-state index in [1.807, 2.05) is 6.92 Å². The number of terminal acetylenes is 1. The van der Waals surface area contributed by atoms with E-state index in [1.54, 1.807) is 0 Å². The summed E-state index contributed by atoms with van der Waals surface area (Å²) in [6, 6.07) is 4.01. The van der Waals surface area contributed by atoms with Crippen molar-refractivity contribution in [3.63, 3.8) is 0 Å². The van der Waals surface area contributed by atoms with Crippen molar-refractivity contribution in [3.05, 3.63) is 35.4 Å². The van der Waals surface area contributed by atoms with E-state index in [0.717, 1.165) is 12.5 Å². The molecule has 80 valence electrons. The van der Waals surface area contributed by atoms with E-state index in [0.29, 0.717) is 5.56 Å². The van der Waals surface area contributed by atoms with Crippen LogP contribution in [0.25, 0.3) is 0 Å². The Morgan fingerprint density at radius 2 is 2.20 bits per heavy atom. The van der Waals surface area contributed by atoms with Crippen molar-refractivity contribution in [1.82, 2.24) is 5.32 Å². The summed E-state index contributed by atoms with van der Waals surface area (Å²) in [6.07, 6.45) is 5.99. The topological polar surface area (TPSA) is 12.0 Å². The van der Waals surface area contributed by atoms with Gasteiger partial charge in [0.2, 0.25) is 0 Å². The molecule has 15 heavy (non-hydrogen) atoms. The van der Waals surface area contributed by atoms with E-state index < -0.39 is 11.6 Å². The molecular formula is C12H13F2N. The first-order chi connectivity index (χ1) is 7.19. The predicted octanol–water partition coefficient (Wildman–Crippen LogP) is 2.47. The molecule has 0 saturated carbocycles. The SMILES string of the molecule is C#CC(CC)NCc1cccc(F)c1F. The molecule has 0 heterocycles. The van der Waals surface area contributed by atoms with Crippen LogP contribution in [-0.4, -0.2) is 6.04 Å². The summed E-state index contributed by atoms with van der Waals surface area (Å²) in [5, 5.41) is 2.96. The summed E-state index contributed by atoms with van der Waals surface area (Å²) in [6.45, 7) is 2.17. The first-order valence-electron chi connectivity index (χ1n) is 4.81. The molecule has 1 aromatic carbocycles. The minimum absolute atomic E-state index is 0.104. The fraction of sp³-hybridized carbons (Fsp3) is 0.333. The monoisotopic (exact) mass is 209 g/mol. The fourth-order valence-corrected chi connectivity index (χ4v) is 1.24. The van der Waals surface area contributed by atoms with Crippen molar-refractivity contribution in [1.29, 1.82) is 0 Å². The summed E-state index contributed by atoms with van der Waals surface area (Å²) >= 11 is 0. The largest absolute Gasteiger partial charge is 0.299 e. The van der Waals surface area contributed by atoms with Crippen LogP contribution in [0, 0.1) is 24.0 Å². The van der Waals surface area contributed by atoms with Crippen molar-refractivity contribution in [2.75, 3.05) is 0 Å². The van der Waals surface area contributed by atoms with Gasteiger partial charge in [0, 0.05) is 12.1 Å². The molecule has 0 spiro atoms.